The number of hydrogen-bond donors (Lipinski definition) is 0. The van der Waals surface area contributed by atoms with Gasteiger partial charge in [-0.3, -0.25) is 19.8 Å². The van der Waals surface area contributed by atoms with E-state index in [1.165, 1.54) is 46.8 Å². The monoisotopic (exact) mass is 431 g/mol. The van der Waals surface area contributed by atoms with Crippen LogP contribution in [0.4, 0.5) is 5.69 Å². The summed E-state index contributed by atoms with van der Waals surface area (Å²) in [6.07, 6.45) is 1.56. The van der Waals surface area contributed by atoms with Gasteiger partial charge in [0.15, 0.2) is 5.54 Å². The molecule has 3 heterocycles. The number of nitro benzene ring substituents is 1. The second kappa shape index (κ2) is 7.07. The summed E-state index contributed by atoms with van der Waals surface area (Å²) >= 11 is 2.98. The molecule has 0 saturated carbocycles. The summed E-state index contributed by atoms with van der Waals surface area (Å²) in [5, 5.41) is 20.8. The van der Waals surface area contributed by atoms with Gasteiger partial charge in [-0.05, 0) is 12.5 Å². The minimum Gasteiger partial charge on any atom is -0.464 e. The molecular weight excluding hydrogens is 414 g/mol. The molecule has 1 amide bonds. The van der Waals surface area contributed by atoms with Crippen molar-refractivity contribution in [2.24, 2.45) is 0 Å². The molecule has 8 nitrogen and oxygen atoms in total. The first-order valence-corrected chi connectivity index (χ1v) is 11.0. The lowest BCUT2D eigenvalue weighted by atomic mass is 9.76. The Hall–Kier alpha value is -2.51. The molecule has 0 bridgehead atoms. The molecule has 1 spiro atoms. The van der Waals surface area contributed by atoms with E-state index in [0.29, 0.717) is 11.1 Å². The van der Waals surface area contributed by atoms with Gasteiger partial charge >= 0.3 is 5.97 Å². The number of nitriles is 1. The first-order valence-electron chi connectivity index (χ1n) is 9.06. The Bertz CT molecular complexity index is 965. The van der Waals surface area contributed by atoms with E-state index in [0.717, 1.165) is 11.5 Å². The number of thioether (sulfide) groups is 2. The number of rotatable bonds is 4. The summed E-state index contributed by atoms with van der Waals surface area (Å²) in [5.41, 5.74) is -0.452. The minimum absolute atomic E-state index is 0.0642. The fourth-order valence-corrected chi connectivity index (χ4v) is 8.13. The molecule has 1 aromatic rings. The third-order valence-electron chi connectivity index (χ3n) is 5.55. The van der Waals surface area contributed by atoms with Gasteiger partial charge in [0.25, 0.3) is 5.69 Å². The van der Waals surface area contributed by atoms with Crippen LogP contribution in [0.2, 0.25) is 0 Å². The van der Waals surface area contributed by atoms with Gasteiger partial charge in [-0.25, -0.2) is 4.79 Å². The van der Waals surface area contributed by atoms with Gasteiger partial charge in [0, 0.05) is 42.2 Å². The van der Waals surface area contributed by atoms with Gasteiger partial charge < -0.3 is 4.74 Å². The summed E-state index contributed by atoms with van der Waals surface area (Å²) in [7, 11) is 0. The molecule has 150 valence electrons. The Labute approximate surface area is 175 Å². The summed E-state index contributed by atoms with van der Waals surface area (Å²) in [4.78, 5) is 38.4. The number of nitrogens with zero attached hydrogens (tertiary/aromatic N) is 3. The largest absolute Gasteiger partial charge is 0.464 e. The van der Waals surface area contributed by atoms with E-state index in [-0.39, 0.29) is 24.6 Å². The van der Waals surface area contributed by atoms with Crippen molar-refractivity contribution in [2.45, 2.75) is 28.9 Å². The molecule has 2 atom stereocenters. The maximum absolute atomic E-state index is 13.5. The van der Waals surface area contributed by atoms with E-state index in [4.69, 9.17) is 4.74 Å². The van der Waals surface area contributed by atoms with Crippen LogP contribution in [0.15, 0.2) is 36.0 Å². The number of carbonyl (C=O) groups is 2. The molecule has 29 heavy (non-hydrogen) atoms. The lowest BCUT2D eigenvalue weighted by Gasteiger charge is -2.44. The predicted octanol–water partition coefficient (Wildman–Crippen LogP) is 2.81. The van der Waals surface area contributed by atoms with Crippen LogP contribution >= 0.6 is 23.5 Å². The minimum atomic E-state index is -1.40. The summed E-state index contributed by atoms with van der Waals surface area (Å²) in [6, 6.07) is 8.11. The van der Waals surface area contributed by atoms with Crippen LogP contribution < -0.4 is 0 Å². The maximum atomic E-state index is 13.5. The normalized spacial score (nSPS) is 26.9. The fourth-order valence-electron chi connectivity index (χ4n) is 4.46. The maximum Gasteiger partial charge on any atom is 0.335 e. The summed E-state index contributed by atoms with van der Waals surface area (Å²) in [6.45, 7) is 1.84. The quantitative estimate of drug-likeness (QED) is 0.406. The zero-order valence-corrected chi connectivity index (χ0v) is 17.1. The Balaban J connectivity index is 1.92. The van der Waals surface area contributed by atoms with Gasteiger partial charge in [0.1, 0.15) is 4.08 Å². The van der Waals surface area contributed by atoms with Crippen LogP contribution in [0.25, 0.3) is 0 Å². The fraction of sp³-hybridized carbons (Fsp3) is 0.421. The smallest absolute Gasteiger partial charge is 0.335 e. The third-order valence-corrected chi connectivity index (χ3v) is 9.21. The Morgan fingerprint density at radius 1 is 1.38 bits per heavy atom. The third kappa shape index (κ3) is 2.53. The van der Waals surface area contributed by atoms with Crippen LogP contribution in [0.1, 0.15) is 24.8 Å². The molecule has 0 N–H and O–H groups in total. The average molecular weight is 431 g/mol. The topological polar surface area (TPSA) is 114 Å². The van der Waals surface area contributed by atoms with Crippen molar-refractivity contribution >= 4 is 41.1 Å². The highest BCUT2D eigenvalue weighted by Crippen LogP contribution is 2.67. The van der Waals surface area contributed by atoms with Crippen molar-refractivity contribution in [2.75, 3.05) is 18.1 Å². The van der Waals surface area contributed by atoms with Crippen LogP contribution in [-0.2, 0) is 14.3 Å². The van der Waals surface area contributed by atoms with Crippen LogP contribution in [0.5, 0.6) is 0 Å². The molecule has 4 rings (SSSR count). The van der Waals surface area contributed by atoms with Crippen molar-refractivity contribution in [1.29, 1.82) is 5.26 Å². The molecule has 10 heteroatoms. The molecule has 1 aromatic carbocycles. The molecule has 2 fully saturated rings. The average Bonchev–Trinajstić information content (AvgIpc) is 3.38. The van der Waals surface area contributed by atoms with Crippen LogP contribution in [-0.4, -0.2) is 49.4 Å². The van der Waals surface area contributed by atoms with Gasteiger partial charge in [-0.1, -0.05) is 12.1 Å². The number of benzene rings is 1. The highest BCUT2D eigenvalue weighted by molar-refractivity contribution is 8.21. The lowest BCUT2D eigenvalue weighted by molar-refractivity contribution is -0.384. The number of fused-ring (bicyclic) bond motifs is 2. The van der Waals surface area contributed by atoms with Gasteiger partial charge in [-0.15, -0.1) is 23.5 Å². The number of carbonyl (C=O) groups excluding carboxylic acids is 2. The van der Waals surface area contributed by atoms with Gasteiger partial charge in [0.2, 0.25) is 5.91 Å². The molecule has 2 saturated heterocycles. The van der Waals surface area contributed by atoms with E-state index >= 15 is 0 Å². The zero-order chi connectivity index (χ0) is 20.8. The summed E-state index contributed by atoms with van der Waals surface area (Å²) < 4.78 is 4.51. The number of esters is 1. The van der Waals surface area contributed by atoms with Crippen LogP contribution in [0, 0.1) is 21.4 Å². The molecule has 0 aromatic heterocycles. The predicted molar refractivity (Wildman–Crippen MR) is 108 cm³/mol. The van der Waals surface area contributed by atoms with Gasteiger partial charge in [-0.2, -0.15) is 5.26 Å². The Morgan fingerprint density at radius 3 is 2.59 bits per heavy atom. The van der Waals surface area contributed by atoms with Crippen molar-refractivity contribution in [3.8, 4) is 6.07 Å². The second-order valence-corrected chi connectivity index (χ2v) is 9.70. The molecular formula is C19H17N3O5S2. The van der Waals surface area contributed by atoms with E-state index in [1.807, 2.05) is 0 Å². The highest BCUT2D eigenvalue weighted by atomic mass is 32.2. The SMILES string of the molecule is CCOC(=O)[C@]12[C@H](c3ccc([N+](=O)[O-])cc3)CC(=O)N1C=C(C#N)C21SCCS1. The van der Waals surface area contributed by atoms with Gasteiger partial charge in [0.05, 0.1) is 23.2 Å². The Morgan fingerprint density at radius 2 is 2.03 bits per heavy atom. The van der Waals surface area contributed by atoms with Crippen molar-refractivity contribution < 1.29 is 19.2 Å². The lowest BCUT2D eigenvalue weighted by Crippen LogP contribution is -2.62. The van der Waals surface area contributed by atoms with Crippen molar-refractivity contribution in [3.05, 3.63) is 51.7 Å². The molecule has 0 radical (unpaired) electrons. The van der Waals surface area contributed by atoms with E-state index in [9.17, 15) is 25.0 Å². The summed E-state index contributed by atoms with van der Waals surface area (Å²) in [5.74, 6) is 0.0754. The standard InChI is InChI=1S/C19H17N3O5S2/c1-2-27-17(24)18-15(12-3-5-14(6-4-12)22(25)26)9-16(23)21(18)11-13(10-20)19(18)28-7-8-29-19/h3-6,11,15H,2,7-9H2,1H3/t15-,18-/m0/s1. The first kappa shape index (κ1) is 19.8. The molecule has 3 aliphatic heterocycles. The van der Waals surface area contributed by atoms with Crippen molar-refractivity contribution in [1.82, 2.24) is 4.90 Å². The zero-order valence-electron chi connectivity index (χ0n) is 15.5. The number of hydrogen-bond acceptors (Lipinski definition) is 8. The van der Waals surface area contributed by atoms with E-state index in [2.05, 4.69) is 6.07 Å². The van der Waals surface area contributed by atoms with Crippen molar-refractivity contribution in [3.63, 3.8) is 0 Å². The molecule has 0 unspecified atom stereocenters. The second-order valence-electron chi connectivity index (χ2n) is 6.82. The number of amides is 1. The van der Waals surface area contributed by atoms with E-state index in [1.54, 1.807) is 19.1 Å². The number of non-ortho nitro benzene ring substituents is 1. The van der Waals surface area contributed by atoms with E-state index < -0.39 is 26.4 Å². The molecule has 3 aliphatic rings. The number of nitro groups is 1. The van der Waals surface area contributed by atoms with Crippen LogP contribution in [0.3, 0.4) is 0 Å². The first-order chi connectivity index (χ1) is 13.9. The Kier molecular flexibility index (Phi) is 4.83. The molecule has 0 aliphatic carbocycles. The highest BCUT2D eigenvalue weighted by Gasteiger charge is 2.75. The number of ether oxygens (including phenoxy) is 1.